The SMILES string of the molecule is CC(C)(C)c1ccc(C(C)(F)C(F)(F)F)cc1. The lowest BCUT2D eigenvalue weighted by atomic mass is 9.85. The third-order valence-electron chi connectivity index (χ3n) is 2.83. The summed E-state index contributed by atoms with van der Waals surface area (Å²) in [5.41, 5.74) is -2.95. The monoisotopic (exact) mass is 248 g/mol. The Morgan fingerprint density at radius 2 is 1.06 bits per heavy atom. The second-order valence-corrected chi connectivity index (χ2v) is 5.33. The summed E-state index contributed by atoms with van der Waals surface area (Å²) in [5.74, 6) is 0. The number of rotatable bonds is 1. The van der Waals surface area contributed by atoms with Gasteiger partial charge in [0.15, 0.2) is 0 Å². The van der Waals surface area contributed by atoms with Gasteiger partial charge in [-0.1, -0.05) is 45.0 Å². The first-order valence-electron chi connectivity index (χ1n) is 5.33. The second kappa shape index (κ2) is 4.00. The molecule has 0 fully saturated rings. The van der Waals surface area contributed by atoms with E-state index in [1.807, 2.05) is 20.8 Å². The van der Waals surface area contributed by atoms with E-state index < -0.39 is 11.8 Å². The normalized spacial score (nSPS) is 16.7. The molecule has 0 bridgehead atoms. The lowest BCUT2D eigenvalue weighted by Crippen LogP contribution is -2.35. The van der Waals surface area contributed by atoms with Crippen molar-refractivity contribution in [3.8, 4) is 0 Å². The summed E-state index contributed by atoms with van der Waals surface area (Å²) in [6.07, 6.45) is -4.89. The molecule has 1 unspecified atom stereocenters. The smallest absolute Gasteiger partial charge is 0.229 e. The van der Waals surface area contributed by atoms with Crippen molar-refractivity contribution in [2.45, 2.75) is 45.0 Å². The van der Waals surface area contributed by atoms with Crippen LogP contribution in [-0.2, 0) is 11.1 Å². The molecule has 0 aliphatic rings. The van der Waals surface area contributed by atoms with Gasteiger partial charge in [0, 0.05) is 0 Å². The maximum absolute atomic E-state index is 13.6. The Hall–Kier alpha value is -1.06. The zero-order chi connectivity index (χ0) is 13.5. The first-order chi connectivity index (χ1) is 7.46. The zero-order valence-corrected chi connectivity index (χ0v) is 10.3. The Bertz CT molecular complexity index is 379. The van der Waals surface area contributed by atoms with Crippen LogP contribution in [0.25, 0.3) is 0 Å². The van der Waals surface area contributed by atoms with Crippen molar-refractivity contribution >= 4 is 0 Å². The molecule has 4 heteroatoms. The van der Waals surface area contributed by atoms with E-state index in [0.29, 0.717) is 6.92 Å². The van der Waals surface area contributed by atoms with E-state index in [9.17, 15) is 17.6 Å². The summed E-state index contributed by atoms with van der Waals surface area (Å²) in [6.45, 7) is 6.38. The van der Waals surface area contributed by atoms with Crippen LogP contribution in [0, 0.1) is 0 Å². The van der Waals surface area contributed by atoms with Crippen LogP contribution in [0.4, 0.5) is 17.6 Å². The van der Waals surface area contributed by atoms with Gasteiger partial charge in [-0.3, -0.25) is 0 Å². The van der Waals surface area contributed by atoms with Gasteiger partial charge in [-0.25, -0.2) is 4.39 Å². The van der Waals surface area contributed by atoms with Crippen LogP contribution in [0.1, 0.15) is 38.8 Å². The van der Waals surface area contributed by atoms with Gasteiger partial charge in [0.1, 0.15) is 0 Å². The fourth-order valence-corrected chi connectivity index (χ4v) is 1.45. The van der Waals surface area contributed by atoms with Gasteiger partial charge >= 0.3 is 6.18 Å². The van der Waals surface area contributed by atoms with Crippen molar-refractivity contribution in [3.63, 3.8) is 0 Å². The summed E-state index contributed by atoms with van der Waals surface area (Å²) in [4.78, 5) is 0. The molecular formula is C13H16F4. The molecule has 1 rings (SSSR count). The van der Waals surface area contributed by atoms with E-state index in [-0.39, 0.29) is 11.0 Å². The van der Waals surface area contributed by atoms with Gasteiger partial charge in [-0.15, -0.1) is 0 Å². The average molecular weight is 248 g/mol. The Balaban J connectivity index is 3.12. The van der Waals surface area contributed by atoms with E-state index in [1.165, 1.54) is 12.1 Å². The van der Waals surface area contributed by atoms with Crippen LogP contribution in [0.15, 0.2) is 24.3 Å². The minimum absolute atomic E-state index is 0.163. The molecule has 0 saturated heterocycles. The van der Waals surface area contributed by atoms with Crippen LogP contribution in [0.5, 0.6) is 0 Å². The van der Waals surface area contributed by atoms with Gasteiger partial charge < -0.3 is 0 Å². The molecule has 0 amide bonds. The molecular weight excluding hydrogens is 232 g/mol. The van der Waals surface area contributed by atoms with Crippen LogP contribution in [-0.4, -0.2) is 6.18 Å². The summed E-state index contributed by atoms with van der Waals surface area (Å²) < 4.78 is 51.1. The quantitative estimate of drug-likeness (QED) is 0.630. The van der Waals surface area contributed by atoms with Crippen molar-refractivity contribution in [2.75, 3.05) is 0 Å². The zero-order valence-electron chi connectivity index (χ0n) is 10.3. The molecule has 0 nitrogen and oxygen atoms in total. The largest absolute Gasteiger partial charge is 0.426 e. The van der Waals surface area contributed by atoms with Gasteiger partial charge in [-0.05, 0) is 23.5 Å². The predicted molar refractivity (Wildman–Crippen MR) is 59.7 cm³/mol. The van der Waals surface area contributed by atoms with Gasteiger partial charge in [0.2, 0.25) is 5.67 Å². The molecule has 96 valence electrons. The molecule has 0 spiro atoms. The molecule has 0 N–H and O–H groups in total. The summed E-state index contributed by atoms with van der Waals surface area (Å²) >= 11 is 0. The van der Waals surface area contributed by atoms with E-state index in [4.69, 9.17) is 0 Å². The number of hydrogen-bond acceptors (Lipinski definition) is 0. The molecule has 0 aliphatic heterocycles. The minimum atomic E-state index is -4.89. The molecule has 0 aromatic heterocycles. The van der Waals surface area contributed by atoms with E-state index in [0.717, 1.165) is 5.56 Å². The number of benzene rings is 1. The van der Waals surface area contributed by atoms with Crippen molar-refractivity contribution in [2.24, 2.45) is 0 Å². The van der Waals surface area contributed by atoms with Crippen LogP contribution < -0.4 is 0 Å². The van der Waals surface area contributed by atoms with Crippen LogP contribution >= 0.6 is 0 Å². The highest BCUT2D eigenvalue weighted by atomic mass is 19.4. The van der Waals surface area contributed by atoms with E-state index >= 15 is 0 Å². The Morgan fingerprint density at radius 1 is 0.706 bits per heavy atom. The van der Waals surface area contributed by atoms with Crippen LogP contribution in [0.3, 0.4) is 0 Å². The summed E-state index contributed by atoms with van der Waals surface area (Å²) in [6, 6.07) is 5.49. The molecule has 17 heavy (non-hydrogen) atoms. The topological polar surface area (TPSA) is 0 Å². The van der Waals surface area contributed by atoms with Crippen molar-refractivity contribution in [1.82, 2.24) is 0 Å². The van der Waals surface area contributed by atoms with Gasteiger partial charge in [-0.2, -0.15) is 13.2 Å². The molecule has 1 atom stereocenters. The second-order valence-electron chi connectivity index (χ2n) is 5.33. The lowest BCUT2D eigenvalue weighted by Gasteiger charge is -2.25. The highest BCUT2D eigenvalue weighted by Gasteiger charge is 2.53. The third-order valence-corrected chi connectivity index (χ3v) is 2.83. The molecule has 1 aromatic rings. The molecule has 0 heterocycles. The van der Waals surface area contributed by atoms with E-state index in [2.05, 4.69) is 0 Å². The average Bonchev–Trinajstić information content (AvgIpc) is 2.15. The van der Waals surface area contributed by atoms with Gasteiger partial charge in [0.05, 0.1) is 0 Å². The minimum Gasteiger partial charge on any atom is -0.229 e. The summed E-state index contributed by atoms with van der Waals surface area (Å²) in [7, 11) is 0. The van der Waals surface area contributed by atoms with Crippen molar-refractivity contribution in [3.05, 3.63) is 35.4 Å². The summed E-state index contributed by atoms with van der Waals surface area (Å²) in [5, 5.41) is 0. The molecule has 0 radical (unpaired) electrons. The Morgan fingerprint density at radius 3 is 1.35 bits per heavy atom. The molecule has 0 saturated carbocycles. The molecule has 0 aliphatic carbocycles. The fraction of sp³-hybridized carbons (Fsp3) is 0.538. The fourth-order valence-electron chi connectivity index (χ4n) is 1.45. The van der Waals surface area contributed by atoms with Crippen molar-refractivity contribution < 1.29 is 17.6 Å². The predicted octanol–water partition coefficient (Wildman–Crippen LogP) is 4.73. The number of hydrogen-bond donors (Lipinski definition) is 0. The first kappa shape index (κ1) is 14.0. The first-order valence-corrected chi connectivity index (χ1v) is 5.33. The standard InChI is InChI=1S/C13H16F4/c1-11(2,3)9-5-7-10(8-6-9)12(4,14)13(15,16)17/h5-8H,1-4H3. The maximum Gasteiger partial charge on any atom is 0.426 e. The number of alkyl halides is 4. The van der Waals surface area contributed by atoms with Crippen molar-refractivity contribution in [1.29, 1.82) is 0 Å². The lowest BCUT2D eigenvalue weighted by molar-refractivity contribution is -0.228. The maximum atomic E-state index is 13.6. The Kier molecular flexibility index (Phi) is 3.29. The Labute approximate surface area is 98.6 Å². The molecule has 1 aromatic carbocycles. The van der Waals surface area contributed by atoms with Gasteiger partial charge in [0.25, 0.3) is 0 Å². The highest BCUT2D eigenvalue weighted by molar-refractivity contribution is 5.31. The van der Waals surface area contributed by atoms with E-state index in [1.54, 1.807) is 12.1 Å². The highest BCUT2D eigenvalue weighted by Crippen LogP contribution is 2.42. The third kappa shape index (κ3) is 2.79. The van der Waals surface area contributed by atoms with Crippen LogP contribution in [0.2, 0.25) is 0 Å². The number of halogens is 4.